The third-order valence-corrected chi connectivity index (χ3v) is 12.2. The topological polar surface area (TPSA) is 72.8 Å². The van der Waals surface area contributed by atoms with Gasteiger partial charge in [-0.3, -0.25) is 9.59 Å². The molecule has 0 spiro atoms. The van der Waals surface area contributed by atoms with Gasteiger partial charge < -0.3 is 14.6 Å². The zero-order valence-electron chi connectivity index (χ0n) is 43.4. The van der Waals surface area contributed by atoms with Crippen molar-refractivity contribution in [1.82, 2.24) is 0 Å². The summed E-state index contributed by atoms with van der Waals surface area (Å²) >= 11 is 0. The molecule has 0 aromatic heterocycles. The lowest BCUT2D eigenvalue weighted by molar-refractivity contribution is -0.161. The Morgan fingerprint density at radius 2 is 0.652 bits per heavy atom. The number of allylic oxidation sites excluding steroid dienone is 14. The fourth-order valence-electron chi connectivity index (χ4n) is 7.97. The number of hydrogen-bond donors (Lipinski definition) is 1. The van der Waals surface area contributed by atoms with Crippen LogP contribution in [-0.4, -0.2) is 36.4 Å². The number of unbranched alkanes of at least 4 members (excludes halogenated alkanes) is 29. The van der Waals surface area contributed by atoms with Crippen molar-refractivity contribution in [1.29, 1.82) is 0 Å². The van der Waals surface area contributed by atoms with E-state index in [4.69, 9.17) is 9.47 Å². The van der Waals surface area contributed by atoms with E-state index in [9.17, 15) is 14.7 Å². The number of ether oxygens (including phenoxy) is 2. The molecule has 0 bridgehead atoms. The Balaban J connectivity index is 3.52. The van der Waals surface area contributed by atoms with Crippen LogP contribution < -0.4 is 0 Å². The fraction of sp³-hybridized carbons (Fsp3) is 0.738. The average molecular weight is 920 g/mol. The molecule has 5 heteroatoms. The number of hydrogen-bond acceptors (Lipinski definition) is 5. The van der Waals surface area contributed by atoms with E-state index in [1.165, 1.54) is 154 Å². The van der Waals surface area contributed by atoms with Crippen molar-refractivity contribution in [2.45, 2.75) is 277 Å². The molecular weight excluding hydrogens is 813 g/mol. The Labute approximate surface area is 409 Å². The largest absolute Gasteiger partial charge is 0.462 e. The van der Waals surface area contributed by atoms with Gasteiger partial charge in [-0.1, -0.05) is 253 Å². The third kappa shape index (κ3) is 53.7. The minimum absolute atomic E-state index is 0.0786. The zero-order chi connectivity index (χ0) is 47.7. The van der Waals surface area contributed by atoms with Gasteiger partial charge in [0.25, 0.3) is 0 Å². The first kappa shape index (κ1) is 63.1. The molecule has 0 heterocycles. The summed E-state index contributed by atoms with van der Waals surface area (Å²) in [6.07, 6.45) is 78.4. The molecule has 1 unspecified atom stereocenters. The lowest BCUT2D eigenvalue weighted by Crippen LogP contribution is -2.28. The lowest BCUT2D eigenvalue weighted by atomic mass is 10.0. The quantitative estimate of drug-likeness (QED) is 0.0374. The molecular formula is C61H106O5. The zero-order valence-corrected chi connectivity index (χ0v) is 43.4. The standard InChI is InChI=1S/C61H106O5/c1-3-5-7-9-11-13-15-17-19-21-23-25-27-28-29-30-31-32-34-35-37-39-41-43-45-47-49-51-53-55-60(63)65-58-59(57-62)66-61(64)56-54-52-50-48-46-44-42-40-38-36-33-26-24-22-20-18-16-14-12-10-8-6-4-2/h6,8,12,14,18,20-21,23-24,26,36,38,42,44,59,62H,3-5,7,9-11,13,15-17,19,22,25,27-35,37,39-41,43,45-58H2,1-2H3/b8-6-,14-12-,20-18-,23-21-,26-24-,38-36-,44-42-. The maximum absolute atomic E-state index is 12.3. The van der Waals surface area contributed by atoms with Crippen molar-refractivity contribution >= 4 is 11.9 Å². The number of aliphatic hydroxyl groups is 1. The molecule has 0 aliphatic carbocycles. The highest BCUT2D eigenvalue weighted by atomic mass is 16.6. The Hall–Kier alpha value is -2.92. The minimum atomic E-state index is -0.790. The summed E-state index contributed by atoms with van der Waals surface area (Å²) in [4.78, 5) is 24.5. The summed E-state index contributed by atoms with van der Waals surface area (Å²) in [7, 11) is 0. The van der Waals surface area contributed by atoms with Crippen LogP contribution in [0.2, 0.25) is 0 Å². The van der Waals surface area contributed by atoms with Crippen LogP contribution in [0, 0.1) is 0 Å². The molecule has 0 aliphatic heterocycles. The predicted octanol–water partition coefficient (Wildman–Crippen LogP) is 19.0. The van der Waals surface area contributed by atoms with Gasteiger partial charge in [-0.2, -0.15) is 0 Å². The van der Waals surface area contributed by atoms with Crippen LogP contribution >= 0.6 is 0 Å². The van der Waals surface area contributed by atoms with Crippen molar-refractivity contribution in [3.8, 4) is 0 Å². The highest BCUT2D eigenvalue weighted by Crippen LogP contribution is 2.16. The predicted molar refractivity (Wildman–Crippen MR) is 288 cm³/mol. The van der Waals surface area contributed by atoms with E-state index >= 15 is 0 Å². The van der Waals surface area contributed by atoms with E-state index in [1.54, 1.807) is 0 Å². The van der Waals surface area contributed by atoms with Gasteiger partial charge in [-0.25, -0.2) is 0 Å². The molecule has 0 aromatic carbocycles. The Morgan fingerprint density at radius 3 is 1.00 bits per heavy atom. The third-order valence-electron chi connectivity index (χ3n) is 12.2. The molecule has 0 fully saturated rings. The van der Waals surface area contributed by atoms with Gasteiger partial charge >= 0.3 is 11.9 Å². The molecule has 1 atom stereocenters. The van der Waals surface area contributed by atoms with Gasteiger partial charge in [0.05, 0.1) is 6.61 Å². The summed E-state index contributed by atoms with van der Waals surface area (Å²) < 4.78 is 10.7. The Bertz CT molecular complexity index is 1220. The molecule has 0 radical (unpaired) electrons. The number of aliphatic hydroxyl groups excluding tert-OH is 1. The number of esters is 2. The van der Waals surface area contributed by atoms with E-state index in [0.29, 0.717) is 12.8 Å². The van der Waals surface area contributed by atoms with Crippen LogP contribution in [0.25, 0.3) is 0 Å². The average Bonchev–Trinajstić information content (AvgIpc) is 3.32. The molecule has 5 nitrogen and oxygen atoms in total. The first-order valence-corrected chi connectivity index (χ1v) is 28.1. The summed E-state index contributed by atoms with van der Waals surface area (Å²) in [6.45, 7) is 4.03. The van der Waals surface area contributed by atoms with E-state index < -0.39 is 6.10 Å². The molecule has 0 rings (SSSR count). The van der Waals surface area contributed by atoms with Gasteiger partial charge in [0.1, 0.15) is 6.61 Å². The minimum Gasteiger partial charge on any atom is -0.462 e. The van der Waals surface area contributed by atoms with E-state index in [1.807, 2.05) is 0 Å². The number of carbonyl (C=O) groups excluding carboxylic acids is 2. The molecule has 1 N–H and O–H groups in total. The molecule has 0 aliphatic rings. The summed E-state index contributed by atoms with van der Waals surface area (Å²) in [5.74, 6) is -0.615. The Kier molecular flexibility index (Phi) is 53.9. The summed E-state index contributed by atoms with van der Waals surface area (Å²) in [5.41, 5.74) is 0. The van der Waals surface area contributed by atoms with Crippen molar-refractivity contribution in [3.05, 3.63) is 85.1 Å². The van der Waals surface area contributed by atoms with E-state index in [2.05, 4.69) is 98.9 Å². The number of carbonyl (C=O) groups is 2. The molecule has 0 saturated heterocycles. The normalized spacial score (nSPS) is 12.8. The Morgan fingerprint density at radius 1 is 0.364 bits per heavy atom. The van der Waals surface area contributed by atoms with Crippen LogP contribution in [0.4, 0.5) is 0 Å². The van der Waals surface area contributed by atoms with Crippen molar-refractivity contribution < 1.29 is 24.2 Å². The lowest BCUT2D eigenvalue weighted by Gasteiger charge is -2.15. The van der Waals surface area contributed by atoms with Gasteiger partial charge in [-0.15, -0.1) is 0 Å². The monoisotopic (exact) mass is 919 g/mol. The second kappa shape index (κ2) is 56.4. The first-order chi connectivity index (χ1) is 32.6. The van der Waals surface area contributed by atoms with Gasteiger partial charge in [0.2, 0.25) is 0 Å². The van der Waals surface area contributed by atoms with Crippen LogP contribution in [0.15, 0.2) is 85.1 Å². The van der Waals surface area contributed by atoms with Crippen LogP contribution in [0.5, 0.6) is 0 Å². The molecule has 66 heavy (non-hydrogen) atoms. The molecule has 380 valence electrons. The molecule has 0 aromatic rings. The van der Waals surface area contributed by atoms with Crippen molar-refractivity contribution in [2.24, 2.45) is 0 Å². The van der Waals surface area contributed by atoms with Crippen LogP contribution in [-0.2, 0) is 19.1 Å². The first-order valence-electron chi connectivity index (χ1n) is 28.1. The second-order valence-corrected chi connectivity index (χ2v) is 18.6. The van der Waals surface area contributed by atoms with Crippen LogP contribution in [0.3, 0.4) is 0 Å². The smallest absolute Gasteiger partial charge is 0.306 e. The van der Waals surface area contributed by atoms with Crippen LogP contribution in [0.1, 0.15) is 271 Å². The highest BCUT2D eigenvalue weighted by Gasteiger charge is 2.16. The number of rotatable bonds is 51. The van der Waals surface area contributed by atoms with Crippen molar-refractivity contribution in [3.63, 3.8) is 0 Å². The second-order valence-electron chi connectivity index (χ2n) is 18.6. The molecule has 0 saturated carbocycles. The maximum atomic E-state index is 12.3. The highest BCUT2D eigenvalue weighted by molar-refractivity contribution is 5.70. The van der Waals surface area contributed by atoms with Gasteiger partial charge in [0, 0.05) is 12.8 Å². The van der Waals surface area contributed by atoms with Gasteiger partial charge in [-0.05, 0) is 89.9 Å². The van der Waals surface area contributed by atoms with Gasteiger partial charge in [0.15, 0.2) is 6.10 Å². The molecule has 0 amide bonds. The maximum Gasteiger partial charge on any atom is 0.306 e. The SMILES string of the molecule is CC/C=C\C/C=C\C/C=C\C/C=C\C/C=C\C/C=C\CCCCCCC(=O)OC(CO)COC(=O)CCCCCCCCCCCCCCCCCCC/C=C\CCCCCCCCCC. The summed E-state index contributed by atoms with van der Waals surface area (Å²) in [6, 6.07) is 0. The van der Waals surface area contributed by atoms with E-state index in [0.717, 1.165) is 89.9 Å². The van der Waals surface area contributed by atoms with E-state index in [-0.39, 0.29) is 25.2 Å². The fourth-order valence-corrected chi connectivity index (χ4v) is 7.97. The summed E-state index contributed by atoms with van der Waals surface area (Å²) in [5, 5.41) is 9.64. The van der Waals surface area contributed by atoms with Crippen molar-refractivity contribution in [2.75, 3.05) is 13.2 Å².